The van der Waals surface area contributed by atoms with Crippen LogP contribution >= 0.6 is 0 Å². The minimum absolute atomic E-state index is 0.326. The Morgan fingerprint density at radius 1 is 1.42 bits per heavy atom. The molecule has 2 rings (SSSR count). The van der Waals surface area contributed by atoms with E-state index in [-0.39, 0.29) is 0 Å². The Morgan fingerprint density at radius 3 is 3.08 bits per heavy atom. The van der Waals surface area contributed by atoms with Crippen LogP contribution < -0.4 is 4.72 Å². The molecule has 0 spiro atoms. The van der Waals surface area contributed by atoms with Gasteiger partial charge in [0.25, 0.3) is 10.0 Å². The van der Waals surface area contributed by atoms with Crippen molar-refractivity contribution in [3.05, 3.63) is 23.5 Å². The van der Waals surface area contributed by atoms with Gasteiger partial charge in [-0.05, 0) is 6.08 Å². The molecule has 12 heavy (non-hydrogen) atoms. The monoisotopic (exact) mass is 183 g/mol. The molecule has 0 saturated heterocycles. The van der Waals surface area contributed by atoms with Crippen LogP contribution in [-0.4, -0.2) is 18.4 Å². The zero-order valence-electron chi connectivity index (χ0n) is 5.93. The largest absolute Gasteiger partial charge is 0.263 e. The Kier molecular flexibility index (Phi) is 1.37. The van der Waals surface area contributed by atoms with E-state index >= 15 is 0 Å². The van der Waals surface area contributed by atoms with Crippen molar-refractivity contribution in [3.8, 4) is 0 Å². The van der Waals surface area contributed by atoms with Crippen LogP contribution in [-0.2, 0) is 10.0 Å². The molecule has 2 heterocycles. The highest BCUT2D eigenvalue weighted by molar-refractivity contribution is 7.95. The molecule has 0 bridgehead atoms. The number of sulfonamides is 1. The molecule has 1 aromatic heterocycles. The van der Waals surface area contributed by atoms with E-state index < -0.39 is 10.0 Å². The standard InChI is InChI=1S/C6H5N3O2S/c10-12(11)2-1-5-3-7-4-8-6(5)9-12/h1-4H,(H,7,8,9). The molecular weight excluding hydrogens is 178 g/mol. The number of nitrogens with one attached hydrogen (secondary N) is 1. The van der Waals surface area contributed by atoms with Gasteiger partial charge in [0, 0.05) is 11.8 Å². The molecule has 1 N–H and O–H groups in total. The highest BCUT2D eigenvalue weighted by Crippen LogP contribution is 2.18. The minimum Gasteiger partial charge on any atom is -0.263 e. The van der Waals surface area contributed by atoms with Crippen LogP contribution in [0.2, 0.25) is 0 Å². The summed E-state index contributed by atoms with van der Waals surface area (Å²) in [6, 6.07) is 0. The van der Waals surface area contributed by atoms with Gasteiger partial charge in [-0.1, -0.05) is 0 Å². The van der Waals surface area contributed by atoms with Crippen LogP contribution in [0.1, 0.15) is 5.56 Å². The first kappa shape index (κ1) is 7.23. The van der Waals surface area contributed by atoms with Gasteiger partial charge in [-0.15, -0.1) is 0 Å². The molecule has 0 aromatic carbocycles. The summed E-state index contributed by atoms with van der Waals surface area (Å²) in [6.45, 7) is 0. The molecule has 1 aliphatic rings. The lowest BCUT2D eigenvalue weighted by Crippen LogP contribution is -2.14. The molecule has 0 saturated carbocycles. The van der Waals surface area contributed by atoms with Crippen LogP contribution in [0.4, 0.5) is 5.82 Å². The second kappa shape index (κ2) is 2.28. The lowest BCUT2D eigenvalue weighted by Gasteiger charge is -2.09. The molecule has 0 amide bonds. The number of nitrogens with zero attached hydrogens (tertiary/aromatic N) is 2. The number of rotatable bonds is 0. The summed E-state index contributed by atoms with van der Waals surface area (Å²) in [7, 11) is -3.32. The second-order valence-corrected chi connectivity index (χ2v) is 3.84. The van der Waals surface area contributed by atoms with Crippen LogP contribution in [0.15, 0.2) is 17.9 Å². The number of anilines is 1. The van der Waals surface area contributed by atoms with E-state index in [1.807, 2.05) is 0 Å². The summed E-state index contributed by atoms with van der Waals surface area (Å²) in [5.74, 6) is 0.326. The first-order valence-corrected chi connectivity index (χ1v) is 4.73. The van der Waals surface area contributed by atoms with Crippen molar-refractivity contribution < 1.29 is 8.42 Å². The third-order valence-electron chi connectivity index (χ3n) is 1.41. The zero-order valence-corrected chi connectivity index (χ0v) is 6.75. The van der Waals surface area contributed by atoms with Crippen molar-refractivity contribution in [2.75, 3.05) is 4.72 Å². The van der Waals surface area contributed by atoms with E-state index in [2.05, 4.69) is 14.7 Å². The second-order valence-electron chi connectivity index (χ2n) is 2.28. The van der Waals surface area contributed by atoms with Crippen molar-refractivity contribution in [3.63, 3.8) is 0 Å². The highest BCUT2D eigenvalue weighted by atomic mass is 32.2. The Morgan fingerprint density at radius 2 is 2.25 bits per heavy atom. The van der Waals surface area contributed by atoms with Crippen molar-refractivity contribution in [2.24, 2.45) is 0 Å². The smallest absolute Gasteiger partial charge is 0.256 e. The average Bonchev–Trinajstić information content (AvgIpc) is 2.02. The van der Waals surface area contributed by atoms with Gasteiger partial charge in [-0.25, -0.2) is 18.4 Å². The van der Waals surface area contributed by atoms with Gasteiger partial charge in [0.15, 0.2) is 0 Å². The SMILES string of the molecule is O=S1(=O)C=Cc2cncnc2N1. The average molecular weight is 183 g/mol. The van der Waals surface area contributed by atoms with Gasteiger partial charge < -0.3 is 0 Å². The van der Waals surface area contributed by atoms with E-state index in [1.165, 1.54) is 12.4 Å². The fraction of sp³-hybridized carbons (Fsp3) is 0. The van der Waals surface area contributed by atoms with Crippen molar-refractivity contribution in [2.45, 2.75) is 0 Å². The first-order chi connectivity index (χ1) is 5.67. The van der Waals surface area contributed by atoms with Crippen LogP contribution in [0, 0.1) is 0 Å². The molecule has 0 fully saturated rings. The maximum atomic E-state index is 11.0. The molecule has 6 heteroatoms. The lowest BCUT2D eigenvalue weighted by atomic mass is 10.3. The maximum Gasteiger partial charge on any atom is 0.256 e. The number of hydrogen-bond donors (Lipinski definition) is 1. The summed E-state index contributed by atoms with van der Waals surface area (Å²) in [6.07, 6.45) is 4.29. The van der Waals surface area contributed by atoms with E-state index in [9.17, 15) is 8.42 Å². The Labute approximate surface area is 69.2 Å². The number of hydrogen-bond acceptors (Lipinski definition) is 4. The van der Waals surface area contributed by atoms with Gasteiger partial charge in [-0.3, -0.25) is 4.72 Å². The fourth-order valence-electron chi connectivity index (χ4n) is 0.879. The summed E-state index contributed by atoms with van der Waals surface area (Å²) in [5.41, 5.74) is 0.673. The summed E-state index contributed by atoms with van der Waals surface area (Å²) < 4.78 is 24.2. The van der Waals surface area contributed by atoms with Gasteiger partial charge in [0.2, 0.25) is 0 Å². The minimum atomic E-state index is -3.32. The molecule has 0 aliphatic carbocycles. The molecular formula is C6H5N3O2S. The topological polar surface area (TPSA) is 72.0 Å². The number of aromatic nitrogens is 2. The Hall–Kier alpha value is -1.43. The van der Waals surface area contributed by atoms with Crippen LogP contribution in [0.5, 0.6) is 0 Å². The van der Waals surface area contributed by atoms with Gasteiger partial charge in [-0.2, -0.15) is 0 Å². The molecule has 1 aromatic rings. The highest BCUT2D eigenvalue weighted by Gasteiger charge is 2.14. The van der Waals surface area contributed by atoms with E-state index in [1.54, 1.807) is 6.20 Å². The Balaban J connectivity index is 2.61. The predicted octanol–water partition coefficient (Wildman–Crippen LogP) is 0.203. The third-order valence-corrected chi connectivity index (χ3v) is 2.38. The van der Waals surface area contributed by atoms with Crippen molar-refractivity contribution in [1.82, 2.24) is 9.97 Å². The molecule has 0 atom stereocenters. The van der Waals surface area contributed by atoms with E-state index in [4.69, 9.17) is 0 Å². The Bertz CT molecular complexity index is 438. The summed E-state index contributed by atoms with van der Waals surface area (Å²) in [5, 5.41) is 1.08. The van der Waals surface area contributed by atoms with Gasteiger partial charge in [0.05, 0.1) is 5.41 Å². The molecule has 0 unspecified atom stereocenters. The quantitative estimate of drug-likeness (QED) is 0.623. The summed E-state index contributed by atoms with van der Waals surface area (Å²) in [4.78, 5) is 7.51. The van der Waals surface area contributed by atoms with E-state index in [0.29, 0.717) is 11.4 Å². The summed E-state index contributed by atoms with van der Waals surface area (Å²) >= 11 is 0. The van der Waals surface area contributed by atoms with Crippen LogP contribution in [0.25, 0.3) is 6.08 Å². The van der Waals surface area contributed by atoms with Gasteiger partial charge in [0.1, 0.15) is 12.1 Å². The fourth-order valence-corrected chi connectivity index (χ4v) is 1.71. The zero-order chi connectivity index (χ0) is 8.60. The molecule has 62 valence electrons. The first-order valence-electron chi connectivity index (χ1n) is 3.18. The molecule has 1 aliphatic heterocycles. The molecule has 5 nitrogen and oxygen atoms in total. The lowest BCUT2D eigenvalue weighted by molar-refractivity contribution is 0.609. The maximum absolute atomic E-state index is 11.0. The van der Waals surface area contributed by atoms with E-state index in [0.717, 1.165) is 5.41 Å². The molecule has 0 radical (unpaired) electrons. The van der Waals surface area contributed by atoms with Gasteiger partial charge >= 0.3 is 0 Å². The van der Waals surface area contributed by atoms with Crippen LogP contribution in [0.3, 0.4) is 0 Å². The predicted molar refractivity (Wildman–Crippen MR) is 43.6 cm³/mol. The van der Waals surface area contributed by atoms with Crippen molar-refractivity contribution in [1.29, 1.82) is 0 Å². The third kappa shape index (κ3) is 1.16. The van der Waals surface area contributed by atoms with Crippen molar-refractivity contribution >= 4 is 21.9 Å². The number of fused-ring (bicyclic) bond motifs is 1. The normalized spacial score (nSPS) is 18.0.